The summed E-state index contributed by atoms with van der Waals surface area (Å²) in [5.41, 5.74) is 5.06. The third kappa shape index (κ3) is 3.02. The van der Waals surface area contributed by atoms with E-state index in [0.717, 1.165) is 5.92 Å². The lowest BCUT2D eigenvalue weighted by Crippen LogP contribution is -2.54. The fourth-order valence-electron chi connectivity index (χ4n) is 4.95. The highest BCUT2D eigenvalue weighted by molar-refractivity contribution is 5.29. The molecule has 3 N–H and O–H groups in total. The summed E-state index contributed by atoms with van der Waals surface area (Å²) < 4.78 is 0. The van der Waals surface area contributed by atoms with Gasteiger partial charge in [0.25, 0.3) is 0 Å². The zero-order valence-corrected chi connectivity index (χ0v) is 13.2. The van der Waals surface area contributed by atoms with Crippen molar-refractivity contribution in [2.45, 2.75) is 75.7 Å². The van der Waals surface area contributed by atoms with E-state index in [1.165, 1.54) is 69.8 Å². The fraction of sp³-hybridized carbons (Fsp3) is 0.684. The summed E-state index contributed by atoms with van der Waals surface area (Å²) in [6.45, 7) is 0. The van der Waals surface area contributed by atoms with Crippen LogP contribution in [0.25, 0.3) is 0 Å². The number of rotatable bonds is 4. The largest absolute Gasteiger partial charge is 0.271 e. The Labute approximate surface area is 129 Å². The molecule has 21 heavy (non-hydrogen) atoms. The van der Waals surface area contributed by atoms with Crippen LogP contribution < -0.4 is 11.3 Å². The molecule has 0 aromatic heterocycles. The van der Waals surface area contributed by atoms with Gasteiger partial charge in [-0.25, -0.2) is 0 Å². The molecule has 0 saturated heterocycles. The normalized spacial score (nSPS) is 24.6. The highest BCUT2D eigenvalue weighted by atomic mass is 15.2. The van der Waals surface area contributed by atoms with Gasteiger partial charge >= 0.3 is 0 Å². The second kappa shape index (κ2) is 6.93. The van der Waals surface area contributed by atoms with Gasteiger partial charge in [0, 0.05) is 11.5 Å². The summed E-state index contributed by atoms with van der Waals surface area (Å²) in [4.78, 5) is 0. The molecule has 0 heterocycles. The number of hydrazine groups is 1. The van der Waals surface area contributed by atoms with Gasteiger partial charge in [-0.3, -0.25) is 11.3 Å². The Hall–Kier alpha value is -0.860. The summed E-state index contributed by atoms with van der Waals surface area (Å²) in [5.74, 6) is 6.85. The first-order valence-corrected chi connectivity index (χ1v) is 8.88. The van der Waals surface area contributed by atoms with Crippen LogP contribution in [0.4, 0.5) is 0 Å². The van der Waals surface area contributed by atoms with E-state index in [-0.39, 0.29) is 5.41 Å². The molecule has 0 aliphatic heterocycles. The molecule has 0 spiro atoms. The van der Waals surface area contributed by atoms with Gasteiger partial charge in [-0.15, -0.1) is 0 Å². The first-order chi connectivity index (χ1) is 10.4. The van der Waals surface area contributed by atoms with Crippen molar-refractivity contribution >= 4 is 0 Å². The molecule has 1 aromatic rings. The standard InChI is InChI=1S/C19H30N2/c20-21-18(16-10-4-1-2-5-11-16)19(14-8-9-15-19)17-12-6-3-7-13-17/h3,6-7,12-13,16,18,21H,1-2,4-5,8-11,14-15,20H2. The van der Waals surface area contributed by atoms with Crippen LogP contribution in [0.5, 0.6) is 0 Å². The van der Waals surface area contributed by atoms with Crippen molar-refractivity contribution in [3.63, 3.8) is 0 Å². The van der Waals surface area contributed by atoms with Crippen LogP contribution in [-0.4, -0.2) is 6.04 Å². The molecule has 0 amide bonds. The topological polar surface area (TPSA) is 38.0 Å². The number of nitrogens with two attached hydrogens (primary N) is 1. The maximum atomic E-state index is 6.11. The molecular weight excluding hydrogens is 256 g/mol. The van der Waals surface area contributed by atoms with E-state index in [9.17, 15) is 0 Å². The maximum Gasteiger partial charge on any atom is 0.0335 e. The molecular formula is C19H30N2. The fourth-order valence-corrected chi connectivity index (χ4v) is 4.95. The minimum Gasteiger partial charge on any atom is -0.271 e. The van der Waals surface area contributed by atoms with Gasteiger partial charge in [0.05, 0.1) is 0 Å². The van der Waals surface area contributed by atoms with E-state index in [2.05, 4.69) is 35.8 Å². The quantitative estimate of drug-likeness (QED) is 0.492. The summed E-state index contributed by atoms with van der Waals surface area (Å²) >= 11 is 0. The predicted molar refractivity (Wildman–Crippen MR) is 88.9 cm³/mol. The molecule has 2 fully saturated rings. The summed E-state index contributed by atoms with van der Waals surface area (Å²) in [5, 5.41) is 0. The molecule has 2 aliphatic rings. The average molecular weight is 286 g/mol. The maximum absolute atomic E-state index is 6.11. The van der Waals surface area contributed by atoms with Crippen molar-refractivity contribution < 1.29 is 0 Å². The summed E-state index contributed by atoms with van der Waals surface area (Å²) in [6, 6.07) is 11.6. The van der Waals surface area contributed by atoms with Gasteiger partial charge in [0.2, 0.25) is 0 Å². The number of hydrogen-bond acceptors (Lipinski definition) is 2. The van der Waals surface area contributed by atoms with Crippen LogP contribution in [0.15, 0.2) is 30.3 Å². The Morgan fingerprint density at radius 2 is 1.52 bits per heavy atom. The van der Waals surface area contributed by atoms with E-state index in [1.54, 1.807) is 0 Å². The molecule has 2 heteroatoms. The second-order valence-electron chi connectivity index (χ2n) is 7.13. The van der Waals surface area contributed by atoms with Crippen molar-refractivity contribution in [1.82, 2.24) is 5.43 Å². The number of benzene rings is 1. The molecule has 116 valence electrons. The van der Waals surface area contributed by atoms with E-state index in [0.29, 0.717) is 6.04 Å². The minimum atomic E-state index is 0.269. The molecule has 3 rings (SSSR count). The highest BCUT2D eigenvalue weighted by Gasteiger charge is 2.45. The van der Waals surface area contributed by atoms with Gasteiger partial charge in [0.1, 0.15) is 0 Å². The van der Waals surface area contributed by atoms with Crippen molar-refractivity contribution in [3.8, 4) is 0 Å². The van der Waals surface area contributed by atoms with Crippen LogP contribution in [-0.2, 0) is 5.41 Å². The first-order valence-electron chi connectivity index (χ1n) is 8.88. The molecule has 0 radical (unpaired) electrons. The van der Waals surface area contributed by atoms with Gasteiger partial charge in [-0.05, 0) is 37.2 Å². The Kier molecular flexibility index (Phi) is 4.97. The van der Waals surface area contributed by atoms with E-state index in [4.69, 9.17) is 5.84 Å². The SMILES string of the molecule is NNC(C1CCCCCC1)C1(c2ccccc2)CCCC1. The average Bonchev–Trinajstić information content (AvgIpc) is 2.87. The van der Waals surface area contributed by atoms with Crippen LogP contribution in [0.3, 0.4) is 0 Å². The Balaban J connectivity index is 1.90. The first kappa shape index (κ1) is 15.1. The zero-order valence-electron chi connectivity index (χ0n) is 13.2. The highest BCUT2D eigenvalue weighted by Crippen LogP contribution is 2.47. The van der Waals surface area contributed by atoms with Crippen molar-refractivity contribution in [2.75, 3.05) is 0 Å². The third-order valence-electron chi connectivity index (χ3n) is 5.99. The van der Waals surface area contributed by atoms with Gasteiger partial charge in [-0.2, -0.15) is 0 Å². The lowest BCUT2D eigenvalue weighted by atomic mass is 9.67. The van der Waals surface area contributed by atoms with Crippen LogP contribution in [0, 0.1) is 5.92 Å². The summed E-state index contributed by atoms with van der Waals surface area (Å²) in [6.07, 6.45) is 13.6. The van der Waals surface area contributed by atoms with Gasteiger partial charge in [0.15, 0.2) is 0 Å². The molecule has 0 bridgehead atoms. The van der Waals surface area contributed by atoms with Crippen LogP contribution >= 0.6 is 0 Å². The monoisotopic (exact) mass is 286 g/mol. The lowest BCUT2D eigenvalue weighted by Gasteiger charge is -2.42. The van der Waals surface area contributed by atoms with Crippen molar-refractivity contribution in [2.24, 2.45) is 11.8 Å². The predicted octanol–water partition coefficient (Wildman–Crippen LogP) is 4.30. The summed E-state index contributed by atoms with van der Waals surface area (Å²) in [7, 11) is 0. The molecule has 1 unspecified atom stereocenters. The van der Waals surface area contributed by atoms with Gasteiger partial charge < -0.3 is 0 Å². The van der Waals surface area contributed by atoms with Crippen molar-refractivity contribution in [3.05, 3.63) is 35.9 Å². The third-order valence-corrected chi connectivity index (χ3v) is 5.99. The van der Waals surface area contributed by atoms with Crippen LogP contribution in [0.1, 0.15) is 69.8 Å². The van der Waals surface area contributed by atoms with Crippen molar-refractivity contribution in [1.29, 1.82) is 0 Å². The van der Waals surface area contributed by atoms with E-state index in [1.807, 2.05) is 0 Å². The van der Waals surface area contributed by atoms with E-state index >= 15 is 0 Å². The Morgan fingerprint density at radius 3 is 2.10 bits per heavy atom. The Morgan fingerprint density at radius 1 is 0.905 bits per heavy atom. The zero-order chi connectivity index (χ0) is 14.5. The molecule has 2 saturated carbocycles. The van der Waals surface area contributed by atoms with E-state index < -0.39 is 0 Å². The second-order valence-corrected chi connectivity index (χ2v) is 7.13. The number of hydrogen-bond donors (Lipinski definition) is 2. The smallest absolute Gasteiger partial charge is 0.0335 e. The van der Waals surface area contributed by atoms with Gasteiger partial charge in [-0.1, -0.05) is 68.9 Å². The molecule has 1 aromatic carbocycles. The lowest BCUT2D eigenvalue weighted by molar-refractivity contribution is 0.200. The molecule has 1 atom stereocenters. The van der Waals surface area contributed by atoms with Crippen LogP contribution in [0.2, 0.25) is 0 Å². The minimum absolute atomic E-state index is 0.269. The molecule has 2 aliphatic carbocycles. The number of nitrogens with one attached hydrogen (secondary N) is 1. The Bertz CT molecular complexity index is 414. The molecule has 2 nitrogen and oxygen atoms in total.